The van der Waals surface area contributed by atoms with E-state index in [9.17, 15) is 4.79 Å². The number of aryl methyl sites for hydroxylation is 1. The van der Waals surface area contributed by atoms with Crippen LogP contribution in [-0.2, 0) is 0 Å². The van der Waals surface area contributed by atoms with Crippen molar-refractivity contribution in [2.45, 2.75) is 6.92 Å². The van der Waals surface area contributed by atoms with Crippen LogP contribution in [0.2, 0.25) is 10.0 Å². The second-order valence-corrected chi connectivity index (χ2v) is 4.93. The zero-order chi connectivity index (χ0) is 13.3. The molecule has 0 aromatic heterocycles. The number of hydrogen-bond acceptors (Lipinski definition) is 2. The first-order valence-electron chi connectivity index (χ1n) is 5.34. The maximum Gasteiger partial charge on any atom is 0.193 e. The Morgan fingerprint density at radius 2 is 1.61 bits per heavy atom. The smallest absolute Gasteiger partial charge is 0.193 e. The highest BCUT2D eigenvalue weighted by atomic mass is 35.5. The number of nitrogen functional groups attached to an aromatic ring is 1. The number of carbonyl (C=O) groups excluding carboxylic acids is 1. The molecule has 0 unspecified atom stereocenters. The van der Waals surface area contributed by atoms with Crippen LogP contribution in [0.1, 0.15) is 21.5 Å². The van der Waals surface area contributed by atoms with Crippen molar-refractivity contribution in [1.82, 2.24) is 0 Å². The van der Waals surface area contributed by atoms with E-state index >= 15 is 0 Å². The fraction of sp³-hybridized carbons (Fsp3) is 0.0714. The fourth-order valence-corrected chi connectivity index (χ4v) is 2.19. The second kappa shape index (κ2) is 5.01. The van der Waals surface area contributed by atoms with Gasteiger partial charge in [-0.1, -0.05) is 23.2 Å². The van der Waals surface area contributed by atoms with E-state index < -0.39 is 0 Å². The van der Waals surface area contributed by atoms with Gasteiger partial charge in [-0.05, 0) is 48.9 Å². The Morgan fingerprint density at radius 3 is 2.17 bits per heavy atom. The zero-order valence-corrected chi connectivity index (χ0v) is 11.2. The SMILES string of the molecule is Cc1cc(C(=O)c2cc(Cl)cc(Cl)c2)ccc1N. The third kappa shape index (κ3) is 2.66. The summed E-state index contributed by atoms with van der Waals surface area (Å²) < 4.78 is 0. The first-order valence-corrected chi connectivity index (χ1v) is 6.10. The van der Waals surface area contributed by atoms with Crippen molar-refractivity contribution in [1.29, 1.82) is 0 Å². The van der Waals surface area contributed by atoms with Gasteiger partial charge in [0.1, 0.15) is 0 Å². The molecule has 0 aliphatic carbocycles. The minimum atomic E-state index is -0.123. The molecule has 0 bridgehead atoms. The van der Waals surface area contributed by atoms with Crippen LogP contribution in [0.4, 0.5) is 5.69 Å². The Morgan fingerprint density at radius 1 is 1.00 bits per heavy atom. The van der Waals surface area contributed by atoms with Crippen LogP contribution in [0.5, 0.6) is 0 Å². The van der Waals surface area contributed by atoms with Crippen LogP contribution in [0.25, 0.3) is 0 Å². The number of ketones is 1. The van der Waals surface area contributed by atoms with E-state index in [1.165, 1.54) is 0 Å². The minimum absolute atomic E-state index is 0.123. The molecule has 0 radical (unpaired) electrons. The lowest BCUT2D eigenvalue weighted by Crippen LogP contribution is -2.02. The maximum atomic E-state index is 12.3. The molecule has 0 amide bonds. The molecule has 0 atom stereocenters. The van der Waals surface area contributed by atoms with Gasteiger partial charge in [0.05, 0.1) is 0 Å². The normalized spacial score (nSPS) is 10.4. The van der Waals surface area contributed by atoms with Crippen molar-refractivity contribution >= 4 is 34.7 Å². The summed E-state index contributed by atoms with van der Waals surface area (Å²) in [6.45, 7) is 1.86. The van der Waals surface area contributed by atoms with E-state index in [2.05, 4.69) is 0 Å². The fourth-order valence-electron chi connectivity index (χ4n) is 1.67. The van der Waals surface area contributed by atoms with Gasteiger partial charge in [-0.15, -0.1) is 0 Å². The van der Waals surface area contributed by atoms with Gasteiger partial charge in [-0.2, -0.15) is 0 Å². The number of benzene rings is 2. The number of hydrogen-bond donors (Lipinski definition) is 1. The van der Waals surface area contributed by atoms with Gasteiger partial charge in [0, 0.05) is 26.9 Å². The quantitative estimate of drug-likeness (QED) is 0.664. The largest absolute Gasteiger partial charge is 0.399 e. The van der Waals surface area contributed by atoms with Gasteiger partial charge >= 0.3 is 0 Å². The summed E-state index contributed by atoms with van der Waals surface area (Å²) in [6, 6.07) is 9.96. The molecule has 2 aromatic rings. The summed E-state index contributed by atoms with van der Waals surface area (Å²) >= 11 is 11.8. The predicted octanol–water partition coefficient (Wildman–Crippen LogP) is 4.12. The third-order valence-corrected chi connectivity index (χ3v) is 3.09. The molecule has 4 heteroatoms. The van der Waals surface area contributed by atoms with Crippen molar-refractivity contribution < 1.29 is 4.79 Å². The maximum absolute atomic E-state index is 12.3. The third-order valence-electron chi connectivity index (χ3n) is 2.66. The lowest BCUT2D eigenvalue weighted by molar-refractivity contribution is 0.103. The van der Waals surface area contributed by atoms with E-state index in [0.29, 0.717) is 26.9 Å². The second-order valence-electron chi connectivity index (χ2n) is 4.06. The first-order chi connectivity index (χ1) is 8.47. The first kappa shape index (κ1) is 12.9. The van der Waals surface area contributed by atoms with Crippen LogP contribution in [0.3, 0.4) is 0 Å². The summed E-state index contributed by atoms with van der Waals surface area (Å²) in [6.07, 6.45) is 0. The van der Waals surface area contributed by atoms with Crippen molar-refractivity contribution in [3.63, 3.8) is 0 Å². The van der Waals surface area contributed by atoms with Gasteiger partial charge in [-0.25, -0.2) is 0 Å². The monoisotopic (exact) mass is 279 g/mol. The summed E-state index contributed by atoms with van der Waals surface area (Å²) in [5, 5.41) is 0.885. The molecule has 92 valence electrons. The summed E-state index contributed by atoms with van der Waals surface area (Å²) in [4.78, 5) is 12.3. The number of nitrogens with two attached hydrogens (primary N) is 1. The molecule has 2 aromatic carbocycles. The molecular weight excluding hydrogens is 269 g/mol. The van der Waals surface area contributed by atoms with Crippen molar-refractivity contribution in [2.75, 3.05) is 5.73 Å². The predicted molar refractivity (Wildman–Crippen MR) is 75.5 cm³/mol. The average molecular weight is 280 g/mol. The summed E-state index contributed by atoms with van der Waals surface area (Å²) in [5.41, 5.74) is 8.29. The lowest BCUT2D eigenvalue weighted by atomic mass is 10.0. The minimum Gasteiger partial charge on any atom is -0.399 e. The highest BCUT2D eigenvalue weighted by molar-refractivity contribution is 6.35. The van der Waals surface area contributed by atoms with Crippen molar-refractivity contribution in [3.05, 3.63) is 63.1 Å². The molecule has 2 rings (SSSR count). The molecular formula is C14H11Cl2NO. The Labute approximate surface area is 115 Å². The van der Waals surface area contributed by atoms with Crippen LogP contribution in [0.15, 0.2) is 36.4 Å². The molecule has 0 aliphatic rings. The van der Waals surface area contributed by atoms with Gasteiger partial charge in [-0.3, -0.25) is 4.79 Å². The number of rotatable bonds is 2. The van der Waals surface area contributed by atoms with Crippen LogP contribution in [0, 0.1) is 6.92 Å². The lowest BCUT2D eigenvalue weighted by Gasteiger charge is -2.05. The number of halogens is 2. The zero-order valence-electron chi connectivity index (χ0n) is 9.71. The molecule has 0 saturated carbocycles. The van der Waals surface area contributed by atoms with E-state index in [0.717, 1.165) is 5.56 Å². The van der Waals surface area contributed by atoms with Gasteiger partial charge in [0.25, 0.3) is 0 Å². The highest BCUT2D eigenvalue weighted by Crippen LogP contribution is 2.22. The van der Waals surface area contributed by atoms with E-state index in [1.54, 1.807) is 36.4 Å². The Balaban J connectivity index is 2.44. The van der Waals surface area contributed by atoms with E-state index in [4.69, 9.17) is 28.9 Å². The molecule has 2 N–H and O–H groups in total. The Bertz CT molecular complexity index is 603. The molecule has 18 heavy (non-hydrogen) atoms. The number of carbonyl (C=O) groups is 1. The molecule has 0 aliphatic heterocycles. The molecule has 0 spiro atoms. The topological polar surface area (TPSA) is 43.1 Å². The molecule has 0 fully saturated rings. The van der Waals surface area contributed by atoms with Gasteiger partial charge in [0.2, 0.25) is 0 Å². The van der Waals surface area contributed by atoms with Crippen LogP contribution >= 0.6 is 23.2 Å². The van der Waals surface area contributed by atoms with Crippen LogP contribution < -0.4 is 5.73 Å². The summed E-state index contributed by atoms with van der Waals surface area (Å²) in [7, 11) is 0. The summed E-state index contributed by atoms with van der Waals surface area (Å²) in [5.74, 6) is -0.123. The van der Waals surface area contributed by atoms with E-state index in [-0.39, 0.29) is 5.78 Å². The van der Waals surface area contributed by atoms with Crippen molar-refractivity contribution in [3.8, 4) is 0 Å². The van der Waals surface area contributed by atoms with E-state index in [1.807, 2.05) is 6.92 Å². The molecule has 0 saturated heterocycles. The molecule has 0 heterocycles. The van der Waals surface area contributed by atoms with Crippen LogP contribution in [-0.4, -0.2) is 5.78 Å². The molecule has 2 nitrogen and oxygen atoms in total. The average Bonchev–Trinajstić information content (AvgIpc) is 2.30. The van der Waals surface area contributed by atoms with Gasteiger partial charge in [0.15, 0.2) is 5.78 Å². The Hall–Kier alpha value is -1.51. The highest BCUT2D eigenvalue weighted by Gasteiger charge is 2.11. The Kier molecular flexibility index (Phi) is 3.60. The standard InChI is InChI=1S/C14H11Cl2NO/c1-8-4-9(2-3-13(8)17)14(18)10-5-11(15)7-12(16)6-10/h2-7H,17H2,1H3. The van der Waals surface area contributed by atoms with Crippen molar-refractivity contribution in [2.24, 2.45) is 0 Å². The number of anilines is 1. The van der Waals surface area contributed by atoms with Gasteiger partial charge < -0.3 is 5.73 Å².